The maximum atomic E-state index is 13.1. The molecule has 0 fully saturated rings. The molecule has 1 amide bonds. The van der Waals surface area contributed by atoms with Gasteiger partial charge in [-0.05, 0) is 61.9 Å². The first-order chi connectivity index (χ1) is 18.6. The van der Waals surface area contributed by atoms with Crippen LogP contribution in [0.1, 0.15) is 32.7 Å². The summed E-state index contributed by atoms with van der Waals surface area (Å²) in [4.78, 5) is 30.3. The van der Waals surface area contributed by atoms with Crippen molar-refractivity contribution in [1.82, 2.24) is 15.0 Å². The number of amides is 1. The maximum absolute atomic E-state index is 13.1. The zero-order valence-corrected chi connectivity index (χ0v) is 21.5. The van der Waals surface area contributed by atoms with E-state index >= 15 is 0 Å². The van der Waals surface area contributed by atoms with Crippen LogP contribution in [0.5, 0.6) is 0 Å². The molecule has 2 aromatic carbocycles. The van der Waals surface area contributed by atoms with Crippen molar-refractivity contribution in [2.24, 2.45) is 0 Å². The molecule has 0 bridgehead atoms. The molecule has 0 atom stereocenters. The van der Waals surface area contributed by atoms with Gasteiger partial charge < -0.3 is 20.4 Å². The predicted octanol–water partition coefficient (Wildman–Crippen LogP) is 5.92. The van der Waals surface area contributed by atoms with Crippen molar-refractivity contribution >= 4 is 34.7 Å². The zero-order chi connectivity index (χ0) is 27.7. The fourth-order valence-corrected chi connectivity index (χ4v) is 4.38. The summed E-state index contributed by atoms with van der Waals surface area (Å²) in [5.74, 6) is 0.653. The lowest BCUT2D eigenvalue weighted by molar-refractivity contribution is -0.137. The number of nitrogens with one attached hydrogen (secondary N) is 2. The minimum absolute atomic E-state index is 0.0680. The Morgan fingerprint density at radius 2 is 1.77 bits per heavy atom. The quantitative estimate of drug-likeness (QED) is 0.330. The minimum atomic E-state index is -4.53. The summed E-state index contributed by atoms with van der Waals surface area (Å²) in [6.07, 6.45) is -1.02. The summed E-state index contributed by atoms with van der Waals surface area (Å²) in [7, 11) is 1.93. The van der Waals surface area contributed by atoms with E-state index in [2.05, 4.69) is 30.5 Å². The Morgan fingerprint density at radius 3 is 2.51 bits per heavy atom. The first kappa shape index (κ1) is 26.0. The van der Waals surface area contributed by atoms with Crippen LogP contribution in [0.25, 0.3) is 0 Å². The van der Waals surface area contributed by atoms with E-state index in [4.69, 9.17) is 0 Å². The number of anilines is 5. The molecule has 11 heteroatoms. The monoisotopic (exact) mass is 533 g/mol. The number of carbonyl (C=O) groups excluding carboxylic acids is 1. The molecule has 2 N–H and O–H groups in total. The number of fused-ring (bicyclic) bond motifs is 1. The first-order valence-electron chi connectivity index (χ1n) is 12.2. The Bertz CT molecular complexity index is 1520. The predicted molar refractivity (Wildman–Crippen MR) is 144 cm³/mol. The highest BCUT2D eigenvalue weighted by Crippen LogP contribution is 2.33. The smallest absolute Gasteiger partial charge is 0.349 e. The maximum Gasteiger partial charge on any atom is 0.416 e. The molecule has 200 valence electrons. The number of pyridine rings is 1. The largest absolute Gasteiger partial charge is 0.416 e. The molecular formula is C28H26F3N7O. The minimum Gasteiger partial charge on any atom is -0.349 e. The topological polar surface area (TPSA) is 86.3 Å². The number of alkyl halides is 3. The van der Waals surface area contributed by atoms with Crippen LogP contribution < -0.4 is 20.4 Å². The molecule has 4 aromatic rings. The summed E-state index contributed by atoms with van der Waals surface area (Å²) >= 11 is 0. The normalized spacial score (nSPS) is 13.2. The number of aryl methyl sites for hydroxylation is 2. The lowest BCUT2D eigenvalue weighted by Gasteiger charge is -2.37. The van der Waals surface area contributed by atoms with E-state index in [-0.39, 0.29) is 5.56 Å². The van der Waals surface area contributed by atoms with E-state index in [1.54, 1.807) is 18.5 Å². The SMILES string of the molecule is Cc1ccc(Nc2ncc3c(n2)N(C)CN(c2cc(NC(=O)c4cccc(C(F)(F)F)c4)ccc2C)C3)cn1. The molecule has 5 rings (SSSR count). The van der Waals surface area contributed by atoms with Gasteiger partial charge >= 0.3 is 6.18 Å². The molecule has 8 nitrogen and oxygen atoms in total. The molecule has 39 heavy (non-hydrogen) atoms. The summed E-state index contributed by atoms with van der Waals surface area (Å²) in [5.41, 5.74) is 4.04. The van der Waals surface area contributed by atoms with E-state index in [9.17, 15) is 18.0 Å². The van der Waals surface area contributed by atoms with Gasteiger partial charge in [-0.25, -0.2) is 4.98 Å². The van der Waals surface area contributed by atoms with Crippen LogP contribution in [-0.4, -0.2) is 34.6 Å². The van der Waals surface area contributed by atoms with E-state index in [1.165, 1.54) is 12.1 Å². The molecular weight excluding hydrogens is 507 g/mol. The van der Waals surface area contributed by atoms with Gasteiger partial charge in [0, 0.05) is 48.0 Å². The van der Waals surface area contributed by atoms with Gasteiger partial charge in [0.25, 0.3) is 5.91 Å². The van der Waals surface area contributed by atoms with Crippen LogP contribution in [-0.2, 0) is 12.7 Å². The molecule has 1 aliphatic heterocycles. The number of hydrogen-bond donors (Lipinski definition) is 2. The van der Waals surface area contributed by atoms with Gasteiger partial charge in [0.15, 0.2) is 0 Å². The highest BCUT2D eigenvalue weighted by molar-refractivity contribution is 6.04. The summed E-state index contributed by atoms with van der Waals surface area (Å²) in [6, 6.07) is 13.6. The third-order valence-corrected chi connectivity index (χ3v) is 6.37. The lowest BCUT2D eigenvalue weighted by Crippen LogP contribution is -2.41. The molecule has 0 saturated heterocycles. The number of benzene rings is 2. The van der Waals surface area contributed by atoms with E-state index in [1.807, 2.05) is 50.1 Å². The first-order valence-corrected chi connectivity index (χ1v) is 12.2. The second kappa shape index (κ2) is 10.2. The van der Waals surface area contributed by atoms with Gasteiger partial charge in [0.05, 0.1) is 24.1 Å². The van der Waals surface area contributed by atoms with Crippen LogP contribution in [0.2, 0.25) is 0 Å². The number of carbonyl (C=O) groups is 1. The molecule has 1 aliphatic rings. The van der Waals surface area contributed by atoms with Crippen LogP contribution in [0.4, 0.5) is 42.0 Å². The van der Waals surface area contributed by atoms with Gasteiger partial charge in [-0.1, -0.05) is 12.1 Å². The summed E-state index contributed by atoms with van der Waals surface area (Å²) in [6.45, 7) is 4.95. The Hall–Kier alpha value is -4.67. The Kier molecular flexibility index (Phi) is 6.81. The third kappa shape index (κ3) is 5.77. The van der Waals surface area contributed by atoms with Gasteiger partial charge in [-0.2, -0.15) is 18.2 Å². The molecule has 0 spiro atoms. The molecule has 0 radical (unpaired) electrons. The van der Waals surface area contributed by atoms with Crippen LogP contribution in [0.15, 0.2) is 67.0 Å². The van der Waals surface area contributed by atoms with Crippen LogP contribution >= 0.6 is 0 Å². The number of nitrogens with zero attached hydrogens (tertiary/aromatic N) is 5. The molecule has 0 aliphatic carbocycles. The Morgan fingerprint density at radius 1 is 0.974 bits per heavy atom. The number of rotatable bonds is 5. The van der Waals surface area contributed by atoms with Gasteiger partial charge in [0.2, 0.25) is 5.95 Å². The van der Waals surface area contributed by atoms with Crippen molar-refractivity contribution in [2.75, 3.05) is 34.1 Å². The fraction of sp³-hybridized carbons (Fsp3) is 0.214. The second-order valence-corrected chi connectivity index (χ2v) is 9.43. The van der Waals surface area contributed by atoms with E-state index < -0.39 is 17.6 Å². The number of aromatic nitrogens is 3. The van der Waals surface area contributed by atoms with Crippen molar-refractivity contribution in [3.8, 4) is 0 Å². The van der Waals surface area contributed by atoms with Gasteiger partial charge in [0.1, 0.15) is 5.82 Å². The number of hydrogen-bond acceptors (Lipinski definition) is 7. The van der Waals surface area contributed by atoms with Crippen molar-refractivity contribution in [1.29, 1.82) is 0 Å². The highest BCUT2D eigenvalue weighted by atomic mass is 19.4. The van der Waals surface area contributed by atoms with Crippen LogP contribution in [0.3, 0.4) is 0 Å². The van der Waals surface area contributed by atoms with E-state index in [0.717, 1.165) is 46.1 Å². The van der Waals surface area contributed by atoms with Crippen molar-refractivity contribution in [3.63, 3.8) is 0 Å². The average Bonchev–Trinajstić information content (AvgIpc) is 2.91. The van der Waals surface area contributed by atoms with Crippen molar-refractivity contribution in [3.05, 3.63) is 94.9 Å². The van der Waals surface area contributed by atoms with Crippen LogP contribution in [0, 0.1) is 13.8 Å². The standard InChI is InChI=1S/C28H26F3N7O/c1-17-7-9-22(34-26(39)19-5-4-6-21(11-19)28(29,30)31)12-24(17)38-15-20-13-33-27(36-25(20)37(3)16-38)35-23-10-8-18(2)32-14-23/h4-14H,15-16H2,1-3H3,(H,34,39)(H,33,35,36). The van der Waals surface area contributed by atoms with Gasteiger partial charge in [-0.3, -0.25) is 9.78 Å². The molecule has 2 aromatic heterocycles. The van der Waals surface area contributed by atoms with Crippen molar-refractivity contribution in [2.45, 2.75) is 26.6 Å². The fourth-order valence-electron chi connectivity index (χ4n) is 4.38. The summed E-state index contributed by atoms with van der Waals surface area (Å²) in [5, 5.41) is 5.90. The molecule has 3 heterocycles. The number of halogens is 3. The zero-order valence-electron chi connectivity index (χ0n) is 21.5. The third-order valence-electron chi connectivity index (χ3n) is 6.37. The van der Waals surface area contributed by atoms with Gasteiger partial charge in [-0.15, -0.1) is 0 Å². The second-order valence-electron chi connectivity index (χ2n) is 9.43. The lowest BCUT2D eigenvalue weighted by atomic mass is 10.1. The molecule has 0 saturated carbocycles. The van der Waals surface area contributed by atoms with Crippen molar-refractivity contribution < 1.29 is 18.0 Å². The Labute approximate surface area is 223 Å². The Balaban J connectivity index is 1.33. The van der Waals surface area contributed by atoms with E-state index in [0.29, 0.717) is 24.8 Å². The molecule has 0 unspecified atom stereocenters. The highest BCUT2D eigenvalue weighted by Gasteiger charge is 2.31. The summed E-state index contributed by atoms with van der Waals surface area (Å²) < 4.78 is 39.2. The average molecular weight is 534 g/mol.